The van der Waals surface area contributed by atoms with E-state index in [0.717, 1.165) is 0 Å². The van der Waals surface area contributed by atoms with E-state index in [9.17, 15) is 4.79 Å². The normalized spacial score (nSPS) is 16.8. The molecule has 0 aromatic carbocycles. The summed E-state index contributed by atoms with van der Waals surface area (Å²) in [6, 6.07) is 0. The van der Waals surface area contributed by atoms with E-state index in [0.29, 0.717) is 13.2 Å². The molecule has 0 spiro atoms. The van der Waals surface area contributed by atoms with Gasteiger partial charge in [0.2, 0.25) is 0 Å². The first kappa shape index (κ1) is 20.7. The van der Waals surface area contributed by atoms with Gasteiger partial charge in [-0.1, -0.05) is 0 Å². The lowest BCUT2D eigenvalue weighted by Crippen LogP contribution is -2.46. The summed E-state index contributed by atoms with van der Waals surface area (Å²) in [5.74, 6) is 0. The molecule has 0 bridgehead atoms. The minimum absolute atomic E-state index is 0.0258. The van der Waals surface area contributed by atoms with Gasteiger partial charge in [0.1, 0.15) is 24.4 Å². The zero-order valence-corrected chi connectivity index (χ0v) is 10.4. The lowest BCUT2D eigenvalue weighted by atomic mass is 10.0. The van der Waals surface area contributed by atoms with Crippen LogP contribution in [-0.4, -0.2) is 99.5 Å². The topological polar surface area (TPSA) is 168 Å². The molecule has 0 aromatic rings. The summed E-state index contributed by atoms with van der Waals surface area (Å²) in [5.41, 5.74) is 0. The number of rotatable bonds is 9. The molecule has 0 aliphatic carbocycles. The van der Waals surface area contributed by atoms with Gasteiger partial charge in [-0.25, -0.2) is 0 Å². The molecule has 9 nitrogen and oxygen atoms in total. The summed E-state index contributed by atoms with van der Waals surface area (Å²) in [6.07, 6.45) is -6.84. The van der Waals surface area contributed by atoms with E-state index in [1.54, 1.807) is 0 Å². The lowest BCUT2D eigenvalue weighted by Gasteiger charge is -2.22. The number of aliphatic hydroxyl groups excluding tert-OH is 7. The Kier molecular flexibility index (Phi) is 15.0. The Morgan fingerprint density at radius 3 is 1.68 bits per heavy atom. The molecule has 0 radical (unpaired) electrons. The summed E-state index contributed by atoms with van der Waals surface area (Å²) in [7, 11) is 0. The molecule has 0 saturated heterocycles. The van der Waals surface area contributed by atoms with Crippen molar-refractivity contribution >= 4 is 6.29 Å². The van der Waals surface area contributed by atoms with E-state index >= 15 is 0 Å². The molecular formula is C10H22O9. The first-order chi connectivity index (χ1) is 8.95. The van der Waals surface area contributed by atoms with Gasteiger partial charge < -0.3 is 45.3 Å². The third-order valence-corrected chi connectivity index (χ3v) is 1.89. The first-order valence-corrected chi connectivity index (χ1v) is 5.54. The average Bonchev–Trinajstić information content (AvgIpc) is 2.45. The van der Waals surface area contributed by atoms with Gasteiger partial charge in [-0.05, 0) is 0 Å². The minimum Gasteiger partial charge on any atom is -0.394 e. The molecule has 4 unspecified atom stereocenters. The Morgan fingerprint density at radius 1 is 0.895 bits per heavy atom. The van der Waals surface area contributed by atoms with Crippen LogP contribution >= 0.6 is 0 Å². The molecule has 0 saturated carbocycles. The Bertz CT molecular complexity index is 197. The van der Waals surface area contributed by atoms with Crippen LogP contribution in [0.15, 0.2) is 0 Å². The number of carbonyl (C=O) groups excluding carboxylic acids is 1. The van der Waals surface area contributed by atoms with E-state index in [4.69, 9.17) is 35.7 Å². The van der Waals surface area contributed by atoms with Crippen LogP contribution in [0.3, 0.4) is 0 Å². The smallest absolute Gasteiger partial charge is 0.151 e. The molecule has 0 aromatic heterocycles. The Labute approximate surface area is 110 Å². The largest absolute Gasteiger partial charge is 0.394 e. The zero-order valence-electron chi connectivity index (χ0n) is 10.4. The van der Waals surface area contributed by atoms with Crippen molar-refractivity contribution in [3.8, 4) is 0 Å². The third-order valence-electron chi connectivity index (χ3n) is 1.89. The standard InChI is InChI=1S/C6H12O6.C4H10O3/c7-1-3(9)5(11)6(12)4(10)2-8;5-1-3-7-4-2-6/h1,3-6,8-12H,2H2;5-6H,1-4H2. The zero-order chi connectivity index (χ0) is 15.3. The summed E-state index contributed by atoms with van der Waals surface area (Å²) >= 11 is 0. The first-order valence-electron chi connectivity index (χ1n) is 5.54. The predicted octanol–water partition coefficient (Wildman–Crippen LogP) is -4.39. The molecule has 0 rings (SSSR count). The SMILES string of the molecule is O=CC(O)C(O)C(O)C(O)CO.OCCOCCO. The molecule has 19 heavy (non-hydrogen) atoms. The van der Waals surface area contributed by atoms with Crippen molar-refractivity contribution in [3.63, 3.8) is 0 Å². The van der Waals surface area contributed by atoms with E-state index in [1.807, 2.05) is 0 Å². The van der Waals surface area contributed by atoms with Crippen molar-refractivity contribution in [3.05, 3.63) is 0 Å². The van der Waals surface area contributed by atoms with Crippen molar-refractivity contribution in [1.29, 1.82) is 0 Å². The molecule has 9 heteroatoms. The highest BCUT2D eigenvalue weighted by molar-refractivity contribution is 5.56. The monoisotopic (exact) mass is 286 g/mol. The van der Waals surface area contributed by atoms with Gasteiger partial charge in [0.05, 0.1) is 33.0 Å². The number of aldehydes is 1. The molecule has 0 aliphatic heterocycles. The van der Waals surface area contributed by atoms with Gasteiger partial charge in [-0.3, -0.25) is 0 Å². The van der Waals surface area contributed by atoms with E-state index in [2.05, 4.69) is 4.74 Å². The maximum absolute atomic E-state index is 9.90. The maximum atomic E-state index is 9.90. The molecule has 4 atom stereocenters. The van der Waals surface area contributed by atoms with Crippen LogP contribution in [-0.2, 0) is 9.53 Å². The van der Waals surface area contributed by atoms with Crippen LogP contribution in [0.25, 0.3) is 0 Å². The van der Waals surface area contributed by atoms with Gasteiger partial charge in [0.25, 0.3) is 0 Å². The maximum Gasteiger partial charge on any atom is 0.151 e. The number of hydrogen-bond acceptors (Lipinski definition) is 9. The van der Waals surface area contributed by atoms with Gasteiger partial charge in [-0.15, -0.1) is 0 Å². The third kappa shape index (κ3) is 10.9. The molecule has 116 valence electrons. The molecule has 0 amide bonds. The van der Waals surface area contributed by atoms with Gasteiger partial charge in [0, 0.05) is 0 Å². The highest BCUT2D eigenvalue weighted by Gasteiger charge is 2.29. The quantitative estimate of drug-likeness (QED) is 0.163. The summed E-state index contributed by atoms with van der Waals surface area (Å²) in [6.45, 7) is -0.0646. The van der Waals surface area contributed by atoms with E-state index in [1.165, 1.54) is 0 Å². The van der Waals surface area contributed by atoms with Gasteiger partial charge in [0.15, 0.2) is 6.29 Å². The molecule has 0 heterocycles. The molecule has 0 fully saturated rings. The van der Waals surface area contributed by atoms with Crippen molar-refractivity contribution in [2.75, 3.05) is 33.0 Å². The Morgan fingerprint density at radius 2 is 1.37 bits per heavy atom. The van der Waals surface area contributed by atoms with Crippen LogP contribution in [0, 0.1) is 0 Å². The number of hydrogen-bond donors (Lipinski definition) is 7. The van der Waals surface area contributed by atoms with Crippen molar-refractivity contribution in [2.24, 2.45) is 0 Å². The van der Waals surface area contributed by atoms with Crippen LogP contribution in [0.4, 0.5) is 0 Å². The Hall–Kier alpha value is -0.650. The van der Waals surface area contributed by atoms with Crippen LogP contribution < -0.4 is 0 Å². The van der Waals surface area contributed by atoms with Crippen LogP contribution in [0.1, 0.15) is 0 Å². The lowest BCUT2D eigenvalue weighted by molar-refractivity contribution is -0.136. The van der Waals surface area contributed by atoms with E-state index < -0.39 is 31.0 Å². The molecular weight excluding hydrogens is 264 g/mol. The minimum atomic E-state index is -1.79. The number of carbonyl (C=O) groups is 1. The van der Waals surface area contributed by atoms with Gasteiger partial charge >= 0.3 is 0 Å². The highest BCUT2D eigenvalue weighted by Crippen LogP contribution is 2.02. The van der Waals surface area contributed by atoms with E-state index in [-0.39, 0.29) is 19.5 Å². The Balaban J connectivity index is 0. The van der Waals surface area contributed by atoms with Crippen molar-refractivity contribution in [2.45, 2.75) is 24.4 Å². The second-order valence-electron chi connectivity index (χ2n) is 3.42. The fourth-order valence-corrected chi connectivity index (χ4v) is 0.849. The second kappa shape index (κ2) is 13.8. The highest BCUT2D eigenvalue weighted by atomic mass is 16.5. The average molecular weight is 286 g/mol. The summed E-state index contributed by atoms with van der Waals surface area (Å²) in [5, 5.41) is 59.7. The predicted molar refractivity (Wildman–Crippen MR) is 62.2 cm³/mol. The fraction of sp³-hybridized carbons (Fsp3) is 0.900. The fourth-order valence-electron chi connectivity index (χ4n) is 0.849. The van der Waals surface area contributed by atoms with Crippen LogP contribution in [0.5, 0.6) is 0 Å². The number of ether oxygens (including phenoxy) is 1. The van der Waals surface area contributed by atoms with Crippen molar-refractivity contribution < 1.29 is 45.3 Å². The molecule has 0 aliphatic rings. The molecule has 7 N–H and O–H groups in total. The second-order valence-corrected chi connectivity index (χ2v) is 3.42. The summed E-state index contributed by atoms with van der Waals surface area (Å²) in [4.78, 5) is 9.90. The van der Waals surface area contributed by atoms with Crippen molar-refractivity contribution in [1.82, 2.24) is 0 Å². The number of aliphatic hydroxyl groups is 7. The summed E-state index contributed by atoms with van der Waals surface area (Å²) < 4.78 is 4.63. The van der Waals surface area contributed by atoms with Crippen LogP contribution in [0.2, 0.25) is 0 Å². The van der Waals surface area contributed by atoms with Gasteiger partial charge in [-0.2, -0.15) is 0 Å².